The van der Waals surface area contributed by atoms with Crippen molar-refractivity contribution >= 4 is 47.1 Å². The standard InChI is InChI=1S/C112H181N5O12/c1-7-13-19-25-31-37-43-49-55-61-67-73-79-124-97-85-91-92(86-98(97)125-80-74-68-62-56-50-44-38-32-26-20-14-8-2)105(119)103(104(91)118)106-113-111(116-107(120)93-87-99(126-81-75-69-63-57-51-45-39-33-27-21-15-9-3)100(88-94(93)108(116)121)127-82-76-70-64-58-52-46-40-34-28-22-16-10-4)115-112(114-106)117-109(122)95-89-101(128-83-77-71-65-59-53-47-41-35-29-23-17-11-5)102(90-96(95)110(117)123)129-84-78-72-66-60-54-48-42-36-30-24-18-12-6/h85-90,103H,7-84H2,1-6H3. The largest absolute Gasteiger partial charge is 0.490 e. The van der Waals surface area contributed by atoms with E-state index in [1.807, 2.05) is 0 Å². The van der Waals surface area contributed by atoms with E-state index in [0.717, 1.165) is 164 Å². The third kappa shape index (κ3) is 41.6. The van der Waals surface area contributed by atoms with Crippen LogP contribution in [0.1, 0.15) is 578 Å². The normalized spacial score (nSPS) is 13.2. The van der Waals surface area contributed by atoms with Gasteiger partial charge in [0.1, 0.15) is 5.92 Å². The van der Waals surface area contributed by atoms with Gasteiger partial charge < -0.3 is 28.4 Å². The van der Waals surface area contributed by atoms with Gasteiger partial charge in [0.2, 0.25) is 11.9 Å². The minimum atomic E-state index is -1.76. The monoisotopic (exact) mass is 1790 g/mol. The molecule has 0 spiro atoms. The maximum Gasteiger partial charge on any atom is 0.268 e. The summed E-state index contributed by atoms with van der Waals surface area (Å²) in [6, 6.07) is 9.43. The predicted molar refractivity (Wildman–Crippen MR) is 532 cm³/mol. The molecule has 7 rings (SSSR count). The van der Waals surface area contributed by atoms with Crippen LogP contribution >= 0.6 is 0 Å². The van der Waals surface area contributed by atoms with E-state index >= 15 is 28.8 Å². The lowest BCUT2D eigenvalue weighted by molar-refractivity contribution is 0.0881. The highest BCUT2D eigenvalue weighted by atomic mass is 16.5. The molecule has 3 aliphatic rings. The fraction of sp³-hybridized carbons (Fsp3) is 0.759. The quantitative estimate of drug-likeness (QED) is 0.0229. The highest BCUT2D eigenvalue weighted by molar-refractivity contribution is 6.36. The number of carbonyl (C=O) groups excluding carboxylic acids is 6. The van der Waals surface area contributed by atoms with Crippen LogP contribution in [0.5, 0.6) is 34.5 Å². The zero-order valence-corrected chi connectivity index (χ0v) is 82.8. The van der Waals surface area contributed by atoms with E-state index in [2.05, 4.69) is 41.5 Å². The number of amides is 4. The Labute approximate surface area is 784 Å². The molecule has 3 heterocycles. The average molecular weight is 1790 g/mol. The van der Waals surface area contributed by atoms with Gasteiger partial charge in [-0.3, -0.25) is 28.8 Å². The molecule has 0 bridgehead atoms. The summed E-state index contributed by atoms with van der Waals surface area (Å²) in [6.07, 6.45) is 85.6. The molecule has 2 aliphatic heterocycles. The Morgan fingerprint density at radius 3 is 0.488 bits per heavy atom. The summed E-state index contributed by atoms with van der Waals surface area (Å²) in [5.41, 5.74) is 0.155. The van der Waals surface area contributed by atoms with Crippen molar-refractivity contribution in [3.05, 3.63) is 75.6 Å². The molecule has 3 aromatic carbocycles. The van der Waals surface area contributed by atoms with Gasteiger partial charge in [0, 0.05) is 11.1 Å². The third-order valence-electron chi connectivity index (χ3n) is 26.9. The number of benzene rings is 3. The molecule has 0 atom stereocenters. The molecular formula is C112H181N5O12. The Morgan fingerprint density at radius 2 is 0.333 bits per heavy atom. The van der Waals surface area contributed by atoms with Crippen LogP contribution in [0.3, 0.4) is 0 Å². The fourth-order valence-corrected chi connectivity index (χ4v) is 18.6. The van der Waals surface area contributed by atoms with Crippen LogP contribution in [0.15, 0.2) is 36.4 Å². The van der Waals surface area contributed by atoms with Gasteiger partial charge in [0.15, 0.2) is 51.9 Å². The lowest BCUT2D eigenvalue weighted by Crippen LogP contribution is -2.36. The lowest BCUT2D eigenvalue weighted by Gasteiger charge is -2.18. The van der Waals surface area contributed by atoms with Gasteiger partial charge in [-0.1, -0.05) is 465 Å². The van der Waals surface area contributed by atoms with Gasteiger partial charge in [-0.15, -0.1) is 0 Å². The van der Waals surface area contributed by atoms with E-state index in [-0.39, 0.29) is 33.4 Å². The number of ether oxygens (including phenoxy) is 6. The summed E-state index contributed by atoms with van der Waals surface area (Å²) in [7, 11) is 0. The molecule has 1 aliphatic carbocycles. The number of hydrogen-bond donors (Lipinski definition) is 0. The number of fused-ring (bicyclic) bond motifs is 3. The topological polar surface area (TPSA) is 203 Å². The average Bonchev–Trinajstić information content (AvgIpc) is 1.58. The van der Waals surface area contributed by atoms with Gasteiger partial charge in [0.05, 0.1) is 61.9 Å². The van der Waals surface area contributed by atoms with E-state index in [4.69, 9.17) is 43.4 Å². The van der Waals surface area contributed by atoms with Crippen molar-refractivity contribution in [2.45, 2.75) is 510 Å². The molecule has 726 valence electrons. The van der Waals surface area contributed by atoms with Gasteiger partial charge in [-0.25, -0.2) is 9.80 Å². The molecule has 0 saturated heterocycles. The van der Waals surface area contributed by atoms with Crippen molar-refractivity contribution in [1.82, 2.24) is 15.0 Å². The number of nitrogens with zero attached hydrogens (tertiary/aromatic N) is 5. The second kappa shape index (κ2) is 69.9. The van der Waals surface area contributed by atoms with Crippen molar-refractivity contribution < 1.29 is 57.2 Å². The minimum Gasteiger partial charge on any atom is -0.490 e. The lowest BCUT2D eigenvalue weighted by atomic mass is 10.0. The molecule has 17 nitrogen and oxygen atoms in total. The second-order valence-electron chi connectivity index (χ2n) is 38.3. The summed E-state index contributed by atoms with van der Waals surface area (Å²) in [5, 5.41) is 0. The summed E-state index contributed by atoms with van der Waals surface area (Å²) < 4.78 is 39.4. The van der Waals surface area contributed by atoms with Crippen LogP contribution in [0.2, 0.25) is 0 Å². The van der Waals surface area contributed by atoms with Gasteiger partial charge in [-0.05, 0) is 74.9 Å². The first-order valence-electron chi connectivity index (χ1n) is 54.4. The van der Waals surface area contributed by atoms with E-state index in [1.165, 1.54) is 308 Å². The number of anilines is 2. The summed E-state index contributed by atoms with van der Waals surface area (Å²) in [4.78, 5) is 109. The molecule has 0 radical (unpaired) electrons. The number of hydrogen-bond acceptors (Lipinski definition) is 15. The molecule has 0 unspecified atom stereocenters. The highest BCUT2D eigenvalue weighted by Crippen LogP contribution is 2.44. The molecule has 4 aromatic rings. The van der Waals surface area contributed by atoms with E-state index in [1.54, 1.807) is 36.4 Å². The van der Waals surface area contributed by atoms with Crippen molar-refractivity contribution in [3.63, 3.8) is 0 Å². The maximum absolute atomic E-state index is 15.5. The smallest absolute Gasteiger partial charge is 0.268 e. The Kier molecular flexibility index (Phi) is 59.1. The Balaban J connectivity index is 1.19. The Morgan fingerprint density at radius 1 is 0.194 bits per heavy atom. The van der Waals surface area contributed by atoms with Gasteiger partial charge in [-0.2, -0.15) is 15.0 Å². The van der Waals surface area contributed by atoms with Crippen LogP contribution in [0.4, 0.5) is 11.9 Å². The van der Waals surface area contributed by atoms with Crippen molar-refractivity contribution in [1.29, 1.82) is 0 Å². The van der Waals surface area contributed by atoms with E-state index in [0.29, 0.717) is 74.1 Å². The number of unbranched alkanes of at least 4 members (excludes halogenated alkanes) is 66. The zero-order chi connectivity index (χ0) is 91.6. The van der Waals surface area contributed by atoms with Crippen LogP contribution in [-0.2, 0) is 0 Å². The molecule has 0 N–H and O–H groups in total. The molecular weight excluding hydrogens is 1610 g/mol. The first-order valence-corrected chi connectivity index (χ1v) is 54.4. The number of rotatable bonds is 87. The van der Waals surface area contributed by atoms with E-state index in [9.17, 15) is 0 Å². The number of imide groups is 2. The molecule has 4 amide bonds. The van der Waals surface area contributed by atoms with Crippen molar-refractivity contribution in [2.24, 2.45) is 0 Å². The van der Waals surface area contributed by atoms with Crippen LogP contribution in [0, 0.1) is 0 Å². The predicted octanol–water partition coefficient (Wildman–Crippen LogP) is 33.1. The summed E-state index contributed by atoms with van der Waals surface area (Å²) in [6.45, 7) is 15.7. The minimum absolute atomic E-state index is 0.00572. The number of aromatic nitrogens is 3. The molecule has 0 saturated carbocycles. The zero-order valence-electron chi connectivity index (χ0n) is 82.8. The van der Waals surface area contributed by atoms with Crippen molar-refractivity contribution in [2.75, 3.05) is 49.4 Å². The van der Waals surface area contributed by atoms with Crippen molar-refractivity contribution in [3.8, 4) is 34.5 Å². The summed E-state index contributed by atoms with van der Waals surface area (Å²) >= 11 is 0. The van der Waals surface area contributed by atoms with Gasteiger partial charge in [0.25, 0.3) is 23.6 Å². The molecule has 17 heteroatoms. The molecule has 129 heavy (non-hydrogen) atoms. The van der Waals surface area contributed by atoms with E-state index < -0.39 is 58.8 Å². The summed E-state index contributed by atoms with van der Waals surface area (Å²) in [5.74, 6) is -5.98. The van der Waals surface area contributed by atoms with Gasteiger partial charge >= 0.3 is 0 Å². The maximum atomic E-state index is 15.5. The Bertz CT molecular complexity index is 3130. The highest BCUT2D eigenvalue weighted by Gasteiger charge is 2.48. The van der Waals surface area contributed by atoms with Crippen LogP contribution < -0.4 is 38.2 Å². The second-order valence-corrected chi connectivity index (χ2v) is 38.3. The fourth-order valence-electron chi connectivity index (χ4n) is 18.6. The first-order chi connectivity index (χ1) is 63.5. The third-order valence-corrected chi connectivity index (χ3v) is 26.9. The SMILES string of the molecule is CCCCCCCCCCCCCCOc1cc2c(cc1OCCCCCCCCCCCCCC)C(=O)C(c1nc(N3C(=O)c4cc(OCCCCCCCCCCCCCC)c(OCCCCCCCCCCCCCC)cc4C3=O)nc(N3C(=O)c4cc(OCCCCCCCCCCCCCC)c(OCCCCCCCCCCCCCC)cc4C3=O)n1)C2=O. The number of Topliss-reactive ketones (excluding diaryl/α,β-unsaturated/α-hetero) is 2. The Hall–Kier alpha value is -6.91. The van der Waals surface area contributed by atoms with Crippen LogP contribution in [0.25, 0.3) is 0 Å². The van der Waals surface area contributed by atoms with Crippen LogP contribution in [-0.4, -0.2) is 89.8 Å². The first kappa shape index (κ1) is 109. The number of ketones is 2. The molecule has 0 fully saturated rings. The molecule has 1 aromatic heterocycles. The number of carbonyl (C=O) groups is 6.